The van der Waals surface area contributed by atoms with Crippen molar-refractivity contribution in [2.24, 2.45) is 5.41 Å². The van der Waals surface area contributed by atoms with E-state index < -0.39 is 0 Å². The smallest absolute Gasteiger partial charge is 0.143 e. The molecule has 2 aliphatic rings. The van der Waals surface area contributed by atoms with E-state index in [0.717, 1.165) is 48.9 Å². The number of nitriles is 1. The average Bonchev–Trinajstić information content (AvgIpc) is 2.67. The van der Waals surface area contributed by atoms with Gasteiger partial charge in [-0.25, -0.2) is 4.98 Å². The lowest BCUT2D eigenvalue weighted by molar-refractivity contribution is -0.199. The zero-order valence-electron chi connectivity index (χ0n) is 14.5. The minimum atomic E-state index is -0.255. The van der Waals surface area contributed by atoms with Crippen LogP contribution in [0.25, 0.3) is 10.9 Å². The maximum absolute atomic E-state index is 10.4. The molecule has 2 aromatic rings. The first-order valence-corrected chi connectivity index (χ1v) is 9.02. The lowest BCUT2D eigenvalue weighted by Crippen LogP contribution is -2.62. The van der Waals surface area contributed by atoms with Crippen LogP contribution < -0.4 is 4.90 Å². The summed E-state index contributed by atoms with van der Waals surface area (Å²) < 4.78 is 5.86. The second kappa shape index (κ2) is 6.29. The molecule has 1 aliphatic carbocycles. The number of hydrogen-bond acceptors (Lipinski definition) is 5. The Hall–Kier alpha value is -2.16. The fourth-order valence-corrected chi connectivity index (χ4v) is 4.46. The number of pyridine rings is 1. The Kier molecular flexibility index (Phi) is 4.10. The van der Waals surface area contributed by atoms with E-state index >= 15 is 0 Å². The Morgan fingerprint density at radius 2 is 2.12 bits per heavy atom. The first kappa shape index (κ1) is 16.3. The molecular formula is C20H23N3O2. The van der Waals surface area contributed by atoms with Crippen molar-refractivity contribution in [3.8, 4) is 6.07 Å². The third-order valence-corrected chi connectivity index (χ3v) is 5.95. The second-order valence-electron chi connectivity index (χ2n) is 7.07. The van der Waals surface area contributed by atoms with Crippen molar-refractivity contribution in [3.63, 3.8) is 0 Å². The van der Waals surface area contributed by atoms with Crippen molar-refractivity contribution in [1.82, 2.24) is 4.98 Å². The number of rotatable bonds is 3. The minimum absolute atomic E-state index is 0.0899. The van der Waals surface area contributed by atoms with Gasteiger partial charge in [0.15, 0.2) is 0 Å². The fourth-order valence-electron chi connectivity index (χ4n) is 4.46. The molecule has 2 fully saturated rings. The average molecular weight is 337 g/mol. The van der Waals surface area contributed by atoms with Crippen molar-refractivity contribution in [2.75, 3.05) is 24.6 Å². The molecule has 0 unspecified atom stereocenters. The highest BCUT2D eigenvalue weighted by atomic mass is 16.5. The molecule has 130 valence electrons. The molecule has 1 N–H and O–H groups in total. The number of ether oxygens (including phenoxy) is 1. The van der Waals surface area contributed by atoms with Crippen LogP contribution in [0.4, 0.5) is 5.69 Å². The highest BCUT2D eigenvalue weighted by Crippen LogP contribution is 2.51. The standard InChI is InChI=1S/C20H23N3O2/c1-2-25-19-12-18(24)20(19)7-9-23(10-8-20)17-11-14(13-21)22-16-6-4-3-5-15(16)17/h3-6,11,18-19,24H,2,7-10,12H2,1H3/t18-,19+/m0/s1. The van der Waals surface area contributed by atoms with E-state index in [1.54, 1.807) is 0 Å². The summed E-state index contributed by atoms with van der Waals surface area (Å²) in [5.41, 5.74) is 2.28. The van der Waals surface area contributed by atoms with E-state index in [9.17, 15) is 10.4 Å². The lowest BCUT2D eigenvalue weighted by atomic mass is 9.58. The van der Waals surface area contributed by atoms with E-state index in [-0.39, 0.29) is 17.6 Å². The summed E-state index contributed by atoms with van der Waals surface area (Å²) in [6.45, 7) is 4.43. The van der Waals surface area contributed by atoms with Crippen LogP contribution in [0, 0.1) is 16.7 Å². The normalized spacial score (nSPS) is 24.9. The van der Waals surface area contributed by atoms with E-state index in [1.165, 1.54) is 0 Å². The summed E-state index contributed by atoms with van der Waals surface area (Å²) in [4.78, 5) is 6.73. The predicted molar refractivity (Wildman–Crippen MR) is 96.4 cm³/mol. The second-order valence-corrected chi connectivity index (χ2v) is 7.07. The van der Waals surface area contributed by atoms with Gasteiger partial charge in [0.25, 0.3) is 0 Å². The summed E-state index contributed by atoms with van der Waals surface area (Å²) in [5, 5.41) is 20.8. The number of para-hydroxylation sites is 1. The number of anilines is 1. The number of piperidine rings is 1. The molecule has 0 radical (unpaired) electrons. The summed E-state index contributed by atoms with van der Waals surface area (Å²) in [7, 11) is 0. The molecule has 1 saturated heterocycles. The fraction of sp³-hybridized carbons (Fsp3) is 0.500. The number of nitrogens with zero attached hydrogens (tertiary/aromatic N) is 3. The maximum Gasteiger partial charge on any atom is 0.143 e. The largest absolute Gasteiger partial charge is 0.392 e. The monoisotopic (exact) mass is 337 g/mol. The summed E-state index contributed by atoms with van der Waals surface area (Å²) in [6, 6.07) is 12.0. The van der Waals surface area contributed by atoms with E-state index in [1.807, 2.05) is 31.2 Å². The minimum Gasteiger partial charge on any atom is -0.392 e. The Morgan fingerprint density at radius 1 is 1.36 bits per heavy atom. The number of aromatic nitrogens is 1. The molecule has 4 rings (SSSR count). The Bertz CT molecular complexity index is 819. The van der Waals surface area contributed by atoms with E-state index in [2.05, 4.69) is 22.0 Å². The maximum atomic E-state index is 10.4. The molecule has 2 atom stereocenters. The third-order valence-electron chi connectivity index (χ3n) is 5.95. The molecule has 0 bridgehead atoms. The summed E-state index contributed by atoms with van der Waals surface area (Å²) in [5.74, 6) is 0. The Labute approximate surface area is 147 Å². The van der Waals surface area contributed by atoms with Gasteiger partial charge in [0.2, 0.25) is 0 Å². The summed E-state index contributed by atoms with van der Waals surface area (Å²) in [6.07, 6.45) is 2.51. The molecule has 1 aromatic carbocycles. The molecule has 25 heavy (non-hydrogen) atoms. The molecule has 1 aliphatic heterocycles. The Balaban J connectivity index is 1.61. The number of benzene rings is 1. The van der Waals surface area contributed by atoms with Crippen LogP contribution in [-0.2, 0) is 4.74 Å². The van der Waals surface area contributed by atoms with Crippen molar-refractivity contribution in [1.29, 1.82) is 5.26 Å². The van der Waals surface area contributed by atoms with Gasteiger partial charge in [-0.05, 0) is 31.9 Å². The zero-order chi connectivity index (χ0) is 17.4. The zero-order valence-corrected chi connectivity index (χ0v) is 14.5. The molecule has 0 amide bonds. The van der Waals surface area contributed by atoms with Crippen molar-refractivity contribution >= 4 is 16.6 Å². The topological polar surface area (TPSA) is 69.4 Å². The first-order chi connectivity index (χ1) is 12.2. The third kappa shape index (κ3) is 2.57. The quantitative estimate of drug-likeness (QED) is 0.933. The highest BCUT2D eigenvalue weighted by molar-refractivity contribution is 5.92. The molecule has 5 nitrogen and oxygen atoms in total. The van der Waals surface area contributed by atoms with Gasteiger partial charge < -0.3 is 14.7 Å². The predicted octanol–water partition coefficient (Wildman–Crippen LogP) is 2.86. The Morgan fingerprint density at radius 3 is 2.80 bits per heavy atom. The molecule has 5 heteroatoms. The molecule has 1 aromatic heterocycles. The van der Waals surface area contributed by atoms with Gasteiger partial charge in [-0.15, -0.1) is 0 Å². The number of hydrogen-bond donors (Lipinski definition) is 1. The van der Waals surface area contributed by atoms with Gasteiger partial charge in [0, 0.05) is 42.6 Å². The van der Waals surface area contributed by atoms with Crippen LogP contribution in [0.5, 0.6) is 0 Å². The first-order valence-electron chi connectivity index (χ1n) is 9.02. The van der Waals surface area contributed by atoms with Gasteiger partial charge in [-0.2, -0.15) is 5.26 Å². The number of fused-ring (bicyclic) bond motifs is 1. The molecule has 1 saturated carbocycles. The van der Waals surface area contributed by atoms with Crippen LogP contribution in [0.3, 0.4) is 0 Å². The van der Waals surface area contributed by atoms with Crippen LogP contribution in [0.2, 0.25) is 0 Å². The number of aliphatic hydroxyl groups excluding tert-OH is 1. The van der Waals surface area contributed by atoms with Gasteiger partial charge in [0.1, 0.15) is 11.8 Å². The highest BCUT2D eigenvalue weighted by Gasteiger charge is 2.56. The van der Waals surface area contributed by atoms with Crippen molar-refractivity contribution in [2.45, 2.75) is 38.4 Å². The van der Waals surface area contributed by atoms with E-state index in [4.69, 9.17) is 4.74 Å². The van der Waals surface area contributed by atoms with Crippen LogP contribution in [-0.4, -0.2) is 42.0 Å². The van der Waals surface area contributed by atoms with Gasteiger partial charge in [-0.3, -0.25) is 0 Å². The van der Waals surface area contributed by atoms with Crippen LogP contribution in [0.1, 0.15) is 31.9 Å². The SMILES string of the molecule is CCO[C@@H]1C[C@H](O)C12CCN(c1cc(C#N)nc3ccccc13)CC2. The van der Waals surface area contributed by atoms with Crippen LogP contribution >= 0.6 is 0 Å². The molecular weight excluding hydrogens is 314 g/mol. The van der Waals surface area contributed by atoms with E-state index in [0.29, 0.717) is 12.3 Å². The number of aliphatic hydroxyl groups is 1. The van der Waals surface area contributed by atoms with Gasteiger partial charge in [-0.1, -0.05) is 18.2 Å². The lowest BCUT2D eigenvalue weighted by Gasteiger charge is -2.57. The van der Waals surface area contributed by atoms with Crippen molar-refractivity contribution < 1.29 is 9.84 Å². The van der Waals surface area contributed by atoms with Gasteiger partial charge in [0.05, 0.1) is 17.7 Å². The summed E-state index contributed by atoms with van der Waals surface area (Å²) >= 11 is 0. The van der Waals surface area contributed by atoms with Crippen molar-refractivity contribution in [3.05, 3.63) is 36.0 Å². The molecule has 1 spiro atoms. The molecule has 2 heterocycles. The van der Waals surface area contributed by atoms with Gasteiger partial charge >= 0.3 is 0 Å². The van der Waals surface area contributed by atoms with Crippen LogP contribution in [0.15, 0.2) is 30.3 Å².